The Hall–Kier alpha value is -2.08. The Morgan fingerprint density at radius 3 is 2.64 bits per heavy atom. The van der Waals surface area contributed by atoms with Gasteiger partial charge in [-0.15, -0.1) is 0 Å². The minimum atomic E-state index is -0.829. The van der Waals surface area contributed by atoms with Gasteiger partial charge in [-0.1, -0.05) is 0 Å². The first kappa shape index (κ1) is 16.3. The number of aliphatic carboxylic acids is 1. The van der Waals surface area contributed by atoms with E-state index in [-0.39, 0.29) is 24.5 Å². The van der Waals surface area contributed by atoms with Crippen LogP contribution >= 0.6 is 0 Å². The van der Waals surface area contributed by atoms with E-state index in [0.29, 0.717) is 24.5 Å². The second-order valence-corrected chi connectivity index (χ2v) is 5.37. The number of rotatable bonds is 7. The number of nitrogens with one attached hydrogen (secondary N) is 1. The maximum Gasteiger partial charge on any atom is 0.303 e. The minimum absolute atomic E-state index is 0.0912. The van der Waals surface area contributed by atoms with E-state index in [2.05, 4.69) is 5.32 Å². The first-order valence-electron chi connectivity index (χ1n) is 7.45. The van der Waals surface area contributed by atoms with Crippen LogP contribution in [0.15, 0.2) is 24.3 Å². The van der Waals surface area contributed by atoms with Gasteiger partial charge in [-0.2, -0.15) is 0 Å². The summed E-state index contributed by atoms with van der Waals surface area (Å²) >= 11 is 0. The average molecular weight is 307 g/mol. The Kier molecular flexibility index (Phi) is 5.77. The zero-order valence-electron chi connectivity index (χ0n) is 12.6. The van der Waals surface area contributed by atoms with E-state index in [9.17, 15) is 9.59 Å². The highest BCUT2D eigenvalue weighted by molar-refractivity contribution is 5.94. The van der Waals surface area contributed by atoms with Gasteiger partial charge in [0.1, 0.15) is 11.9 Å². The summed E-state index contributed by atoms with van der Waals surface area (Å²) in [6, 6.07) is 6.99. The summed E-state index contributed by atoms with van der Waals surface area (Å²) in [7, 11) is 0. The maximum absolute atomic E-state index is 12.0. The molecule has 0 saturated carbocycles. The fraction of sp³-hybridized carbons (Fsp3) is 0.500. The van der Waals surface area contributed by atoms with E-state index in [1.165, 1.54) is 0 Å². The van der Waals surface area contributed by atoms with E-state index < -0.39 is 5.97 Å². The molecule has 1 amide bonds. The van der Waals surface area contributed by atoms with Crippen molar-refractivity contribution in [3.63, 3.8) is 0 Å². The molecule has 22 heavy (non-hydrogen) atoms. The Morgan fingerprint density at radius 2 is 2.05 bits per heavy atom. The normalized spacial score (nSPS) is 20.6. The SMILES string of the molecule is CC1CCC(C(=O)Nc2ccc(OCCCC(=O)O)cc2)O1. The lowest BCUT2D eigenvalue weighted by Crippen LogP contribution is -2.27. The molecule has 2 atom stereocenters. The molecule has 2 rings (SSSR count). The zero-order valence-corrected chi connectivity index (χ0v) is 12.6. The number of hydrogen-bond donors (Lipinski definition) is 2. The lowest BCUT2D eigenvalue weighted by Gasteiger charge is -2.12. The largest absolute Gasteiger partial charge is 0.494 e. The molecule has 0 radical (unpaired) electrons. The number of ether oxygens (including phenoxy) is 2. The molecule has 1 aliphatic heterocycles. The predicted molar refractivity (Wildman–Crippen MR) is 81.0 cm³/mol. The van der Waals surface area contributed by atoms with Gasteiger partial charge in [0.05, 0.1) is 12.7 Å². The van der Waals surface area contributed by atoms with Crippen molar-refractivity contribution >= 4 is 17.6 Å². The number of benzene rings is 1. The van der Waals surface area contributed by atoms with E-state index >= 15 is 0 Å². The second kappa shape index (κ2) is 7.79. The van der Waals surface area contributed by atoms with Crippen molar-refractivity contribution in [2.75, 3.05) is 11.9 Å². The summed E-state index contributed by atoms with van der Waals surface area (Å²) in [5.41, 5.74) is 0.686. The molecule has 0 aromatic heterocycles. The molecule has 1 aromatic carbocycles. The molecule has 1 aliphatic rings. The van der Waals surface area contributed by atoms with E-state index in [1.54, 1.807) is 24.3 Å². The van der Waals surface area contributed by atoms with Crippen LogP contribution in [-0.4, -0.2) is 35.8 Å². The summed E-state index contributed by atoms with van der Waals surface area (Å²) in [5.74, 6) is -0.307. The van der Waals surface area contributed by atoms with Gasteiger partial charge in [-0.05, 0) is 50.5 Å². The molecule has 1 fully saturated rings. The van der Waals surface area contributed by atoms with Crippen molar-refractivity contribution in [1.29, 1.82) is 0 Å². The van der Waals surface area contributed by atoms with Crippen LogP contribution in [0.2, 0.25) is 0 Å². The minimum Gasteiger partial charge on any atom is -0.494 e. The van der Waals surface area contributed by atoms with Crippen LogP contribution in [-0.2, 0) is 14.3 Å². The van der Waals surface area contributed by atoms with Crippen LogP contribution in [0, 0.1) is 0 Å². The Balaban J connectivity index is 1.76. The first-order chi connectivity index (χ1) is 10.5. The second-order valence-electron chi connectivity index (χ2n) is 5.37. The van der Waals surface area contributed by atoms with Crippen molar-refractivity contribution in [3.05, 3.63) is 24.3 Å². The van der Waals surface area contributed by atoms with Crippen molar-refractivity contribution in [2.24, 2.45) is 0 Å². The molecule has 1 saturated heterocycles. The number of carboxylic acid groups (broad SMARTS) is 1. The third-order valence-corrected chi connectivity index (χ3v) is 3.45. The molecular formula is C16H21NO5. The summed E-state index contributed by atoms with van der Waals surface area (Å²) in [6.07, 6.45) is 1.97. The maximum atomic E-state index is 12.0. The van der Waals surface area contributed by atoms with Crippen molar-refractivity contribution in [2.45, 2.75) is 44.8 Å². The summed E-state index contributed by atoms with van der Waals surface area (Å²) < 4.78 is 10.9. The zero-order chi connectivity index (χ0) is 15.9. The molecule has 1 heterocycles. The Morgan fingerprint density at radius 1 is 1.32 bits per heavy atom. The summed E-state index contributed by atoms with van der Waals surface area (Å²) in [5, 5.41) is 11.3. The highest BCUT2D eigenvalue weighted by Crippen LogP contribution is 2.21. The van der Waals surface area contributed by atoms with E-state index in [0.717, 1.165) is 12.8 Å². The number of carbonyl (C=O) groups is 2. The van der Waals surface area contributed by atoms with Gasteiger partial charge in [0, 0.05) is 12.1 Å². The summed E-state index contributed by atoms with van der Waals surface area (Å²) in [4.78, 5) is 22.4. The fourth-order valence-electron chi connectivity index (χ4n) is 2.27. The Bertz CT molecular complexity index is 514. The number of carbonyl (C=O) groups excluding carboxylic acids is 1. The lowest BCUT2D eigenvalue weighted by atomic mass is 10.2. The average Bonchev–Trinajstić information content (AvgIpc) is 2.92. The number of carboxylic acids is 1. The number of hydrogen-bond acceptors (Lipinski definition) is 4. The van der Waals surface area contributed by atoms with Gasteiger partial charge in [-0.25, -0.2) is 0 Å². The smallest absolute Gasteiger partial charge is 0.303 e. The monoisotopic (exact) mass is 307 g/mol. The highest BCUT2D eigenvalue weighted by Gasteiger charge is 2.28. The van der Waals surface area contributed by atoms with Crippen molar-refractivity contribution < 1.29 is 24.2 Å². The van der Waals surface area contributed by atoms with Gasteiger partial charge >= 0.3 is 5.97 Å². The van der Waals surface area contributed by atoms with Gasteiger partial charge in [-0.3, -0.25) is 9.59 Å². The van der Waals surface area contributed by atoms with Gasteiger partial charge < -0.3 is 19.9 Å². The van der Waals surface area contributed by atoms with Gasteiger partial charge in [0.2, 0.25) is 0 Å². The third-order valence-electron chi connectivity index (χ3n) is 3.45. The van der Waals surface area contributed by atoms with Gasteiger partial charge in [0.25, 0.3) is 5.91 Å². The van der Waals surface area contributed by atoms with Crippen LogP contribution in [0.3, 0.4) is 0 Å². The number of anilines is 1. The van der Waals surface area contributed by atoms with Gasteiger partial charge in [0.15, 0.2) is 0 Å². The predicted octanol–water partition coefficient (Wildman–Crippen LogP) is 2.44. The van der Waals surface area contributed by atoms with E-state index in [4.69, 9.17) is 14.6 Å². The molecule has 0 aliphatic carbocycles. The molecule has 2 N–H and O–H groups in total. The lowest BCUT2D eigenvalue weighted by molar-refractivity contribution is -0.137. The molecule has 0 spiro atoms. The molecule has 2 unspecified atom stereocenters. The first-order valence-corrected chi connectivity index (χ1v) is 7.45. The standard InChI is InChI=1S/C16H21NO5/c1-11-4-9-14(22-11)16(20)17-12-5-7-13(8-6-12)21-10-2-3-15(18)19/h5-8,11,14H,2-4,9-10H2,1H3,(H,17,20)(H,18,19). The highest BCUT2D eigenvalue weighted by atomic mass is 16.5. The summed E-state index contributed by atoms with van der Waals surface area (Å²) in [6.45, 7) is 2.32. The topological polar surface area (TPSA) is 84.9 Å². The van der Waals surface area contributed by atoms with Crippen molar-refractivity contribution in [1.82, 2.24) is 0 Å². The van der Waals surface area contributed by atoms with Crippen LogP contribution < -0.4 is 10.1 Å². The molecule has 0 bridgehead atoms. The van der Waals surface area contributed by atoms with Crippen LogP contribution in [0.4, 0.5) is 5.69 Å². The third kappa shape index (κ3) is 5.04. The van der Waals surface area contributed by atoms with Crippen molar-refractivity contribution in [3.8, 4) is 5.75 Å². The fourth-order valence-corrected chi connectivity index (χ4v) is 2.27. The quantitative estimate of drug-likeness (QED) is 0.756. The number of amides is 1. The molecule has 1 aromatic rings. The Labute approximate surface area is 129 Å². The molecule has 6 heteroatoms. The van der Waals surface area contributed by atoms with Crippen LogP contribution in [0.5, 0.6) is 5.75 Å². The van der Waals surface area contributed by atoms with E-state index in [1.807, 2.05) is 6.92 Å². The molecular weight excluding hydrogens is 286 g/mol. The van der Waals surface area contributed by atoms with Crippen LogP contribution in [0.25, 0.3) is 0 Å². The van der Waals surface area contributed by atoms with Crippen LogP contribution in [0.1, 0.15) is 32.6 Å². The molecule has 6 nitrogen and oxygen atoms in total. The molecule has 120 valence electrons.